The third-order valence-corrected chi connectivity index (χ3v) is 9.00. The van der Waals surface area contributed by atoms with Crippen molar-refractivity contribution in [2.75, 3.05) is 0 Å². The first-order valence-corrected chi connectivity index (χ1v) is 6.00. The zero-order valence-corrected chi connectivity index (χ0v) is 5.66. The Bertz CT molecular complexity index is 12.9. The Kier molecular flexibility index (Phi) is 2.89. The zero-order valence-electron chi connectivity index (χ0n) is 2.83. The molecule has 0 N–H and O–H groups in total. The standard InChI is InChI=1S/C2H8Si2.CH4/c1-3-2-4-1;/h1-4H2;1H4. The van der Waals surface area contributed by atoms with E-state index in [2.05, 4.69) is 0 Å². The Balaban J connectivity index is 0.000000160. The molecular formula is C3H12Si2. The van der Waals surface area contributed by atoms with Crippen LogP contribution in [0.2, 0.25) is 11.3 Å². The first kappa shape index (κ1) is 5.43. The molecule has 0 spiro atoms. The van der Waals surface area contributed by atoms with E-state index < -0.39 is 0 Å². The predicted octanol–water partition coefficient (Wildman–Crippen LogP) is -0.275. The maximum absolute atomic E-state index is 1.78. The van der Waals surface area contributed by atoms with Crippen LogP contribution in [0.4, 0.5) is 0 Å². The lowest BCUT2D eigenvalue weighted by Gasteiger charge is -2.03. The van der Waals surface area contributed by atoms with Crippen molar-refractivity contribution in [2.45, 2.75) is 18.8 Å². The fraction of sp³-hybridized carbons (Fsp3) is 1.00. The Morgan fingerprint density at radius 3 is 1.20 bits per heavy atom. The fourth-order valence-electron chi connectivity index (χ4n) is 0.250. The van der Waals surface area contributed by atoms with Gasteiger partial charge in [0.05, 0.1) is 0 Å². The molecule has 1 aliphatic rings. The van der Waals surface area contributed by atoms with Crippen molar-refractivity contribution in [3.8, 4) is 0 Å². The molecule has 0 unspecified atom stereocenters. The van der Waals surface area contributed by atoms with Crippen LogP contribution in [0.1, 0.15) is 7.43 Å². The second-order valence-electron chi connectivity index (χ2n) is 1.41. The van der Waals surface area contributed by atoms with Crippen molar-refractivity contribution in [1.29, 1.82) is 0 Å². The van der Waals surface area contributed by atoms with Crippen LogP contribution in [-0.4, -0.2) is 19.0 Å². The van der Waals surface area contributed by atoms with Gasteiger partial charge in [0.15, 0.2) is 0 Å². The molecule has 0 bridgehead atoms. The molecule has 5 heavy (non-hydrogen) atoms. The molecule has 0 saturated carbocycles. The summed E-state index contributed by atoms with van der Waals surface area (Å²) in [6, 6.07) is 0. The number of hydrogen-bond donors (Lipinski definition) is 0. The van der Waals surface area contributed by atoms with Crippen LogP contribution < -0.4 is 0 Å². The van der Waals surface area contributed by atoms with Gasteiger partial charge in [-0.2, -0.15) is 0 Å². The molecule has 32 valence electrons. The van der Waals surface area contributed by atoms with Gasteiger partial charge in [-0.1, -0.05) is 18.8 Å². The lowest BCUT2D eigenvalue weighted by Crippen LogP contribution is -2.10. The van der Waals surface area contributed by atoms with Crippen molar-refractivity contribution in [1.82, 2.24) is 0 Å². The summed E-state index contributed by atoms with van der Waals surface area (Å²) in [7, 11) is 1.33. The van der Waals surface area contributed by atoms with E-state index in [4.69, 9.17) is 0 Å². The Morgan fingerprint density at radius 1 is 1.00 bits per heavy atom. The van der Waals surface area contributed by atoms with E-state index in [0.29, 0.717) is 19.0 Å². The molecule has 0 radical (unpaired) electrons. The van der Waals surface area contributed by atoms with E-state index in [9.17, 15) is 0 Å². The average Bonchev–Trinajstić information content (AvgIpc) is 0.722. The maximum Gasteiger partial charge on any atom is 0.0134 e. The minimum Gasteiger partial charge on any atom is -0.0776 e. The fourth-order valence-corrected chi connectivity index (χ4v) is 2.25. The Hall–Kier alpha value is 0.434. The summed E-state index contributed by atoms with van der Waals surface area (Å²) in [6.07, 6.45) is 0. The van der Waals surface area contributed by atoms with Crippen LogP contribution in [0.15, 0.2) is 0 Å². The van der Waals surface area contributed by atoms with E-state index in [1.54, 1.807) is 11.3 Å². The molecule has 0 aliphatic carbocycles. The molecule has 1 heterocycles. The topological polar surface area (TPSA) is 0 Å². The van der Waals surface area contributed by atoms with Gasteiger partial charge in [0, 0.05) is 19.0 Å². The molecule has 0 aromatic rings. The summed E-state index contributed by atoms with van der Waals surface area (Å²) in [5.41, 5.74) is 3.56. The van der Waals surface area contributed by atoms with Gasteiger partial charge < -0.3 is 0 Å². The summed E-state index contributed by atoms with van der Waals surface area (Å²) < 4.78 is 0. The summed E-state index contributed by atoms with van der Waals surface area (Å²) in [5, 5.41) is 0. The van der Waals surface area contributed by atoms with Gasteiger partial charge in [-0.15, -0.1) is 0 Å². The first-order valence-electron chi connectivity index (χ1n) is 2.00. The maximum atomic E-state index is 1.78. The van der Waals surface area contributed by atoms with E-state index in [1.165, 1.54) is 0 Å². The third kappa shape index (κ3) is 1.34. The van der Waals surface area contributed by atoms with Crippen LogP contribution in [0.5, 0.6) is 0 Å². The van der Waals surface area contributed by atoms with Gasteiger partial charge in [0.25, 0.3) is 0 Å². The normalized spacial score (nSPS) is 28.8. The smallest absolute Gasteiger partial charge is 0.0134 e. The van der Waals surface area contributed by atoms with E-state index in [-0.39, 0.29) is 7.43 Å². The van der Waals surface area contributed by atoms with Gasteiger partial charge >= 0.3 is 0 Å². The molecule has 2 heteroatoms. The zero-order chi connectivity index (χ0) is 2.83. The van der Waals surface area contributed by atoms with Crippen LogP contribution >= 0.6 is 0 Å². The van der Waals surface area contributed by atoms with Gasteiger partial charge in [-0.3, -0.25) is 0 Å². The van der Waals surface area contributed by atoms with Gasteiger partial charge in [0.1, 0.15) is 0 Å². The van der Waals surface area contributed by atoms with E-state index in [0.717, 1.165) is 0 Å². The monoisotopic (exact) mass is 104 g/mol. The molecule has 0 amide bonds. The second kappa shape index (κ2) is 2.66. The van der Waals surface area contributed by atoms with Crippen molar-refractivity contribution in [3.63, 3.8) is 0 Å². The van der Waals surface area contributed by atoms with Gasteiger partial charge in [-0.25, -0.2) is 0 Å². The molecule has 1 fully saturated rings. The van der Waals surface area contributed by atoms with Crippen molar-refractivity contribution in [3.05, 3.63) is 0 Å². The largest absolute Gasteiger partial charge is 0.0776 e. The summed E-state index contributed by atoms with van der Waals surface area (Å²) in [6.45, 7) is 0. The van der Waals surface area contributed by atoms with E-state index >= 15 is 0 Å². The summed E-state index contributed by atoms with van der Waals surface area (Å²) in [5.74, 6) is 0. The minimum absolute atomic E-state index is 0. The quantitative estimate of drug-likeness (QED) is 0.371. The highest BCUT2D eigenvalue weighted by Gasteiger charge is 1.97. The SMILES string of the molecule is C.C1[SiH2]C[SiH2]1. The molecular weight excluding hydrogens is 92.2 g/mol. The molecule has 0 atom stereocenters. The predicted molar refractivity (Wildman–Crippen MR) is 33.4 cm³/mol. The lowest BCUT2D eigenvalue weighted by molar-refractivity contribution is 1.71. The summed E-state index contributed by atoms with van der Waals surface area (Å²) >= 11 is 0. The first-order chi connectivity index (χ1) is 2.00. The van der Waals surface area contributed by atoms with Crippen LogP contribution in [0, 0.1) is 0 Å². The molecule has 1 aliphatic heterocycles. The van der Waals surface area contributed by atoms with Crippen LogP contribution in [-0.2, 0) is 0 Å². The van der Waals surface area contributed by atoms with E-state index in [1.807, 2.05) is 0 Å². The van der Waals surface area contributed by atoms with Crippen LogP contribution in [0.25, 0.3) is 0 Å². The second-order valence-corrected chi connectivity index (χ2v) is 8.49. The number of hydrogen-bond acceptors (Lipinski definition) is 0. The summed E-state index contributed by atoms with van der Waals surface area (Å²) in [4.78, 5) is 0. The van der Waals surface area contributed by atoms with Crippen LogP contribution in [0.3, 0.4) is 0 Å². The molecule has 0 aromatic carbocycles. The van der Waals surface area contributed by atoms with Crippen molar-refractivity contribution in [2.24, 2.45) is 0 Å². The van der Waals surface area contributed by atoms with Crippen molar-refractivity contribution < 1.29 is 0 Å². The molecule has 1 rings (SSSR count). The highest BCUT2D eigenvalue weighted by atomic mass is 28.3. The molecule has 1 saturated heterocycles. The highest BCUT2D eigenvalue weighted by Crippen LogP contribution is 1.94. The minimum atomic E-state index is 0. The third-order valence-electron chi connectivity index (χ3n) is 1.000. The highest BCUT2D eigenvalue weighted by molar-refractivity contribution is 6.74. The average molecular weight is 104 g/mol. The molecule has 0 aromatic heterocycles. The van der Waals surface area contributed by atoms with Gasteiger partial charge in [0.2, 0.25) is 0 Å². The lowest BCUT2D eigenvalue weighted by atomic mass is 11.8. The van der Waals surface area contributed by atoms with Gasteiger partial charge in [-0.05, 0) is 0 Å². The van der Waals surface area contributed by atoms with Crippen molar-refractivity contribution >= 4 is 19.0 Å². The Labute approximate surface area is 38.6 Å². The number of rotatable bonds is 0. The molecule has 0 nitrogen and oxygen atoms in total. The Morgan fingerprint density at radius 2 is 1.20 bits per heavy atom.